The summed E-state index contributed by atoms with van der Waals surface area (Å²) in [7, 11) is 0. The number of halogens is 1. The van der Waals surface area contributed by atoms with Crippen molar-refractivity contribution in [3.05, 3.63) is 101 Å². The second-order valence-electron chi connectivity index (χ2n) is 8.63. The van der Waals surface area contributed by atoms with Crippen molar-refractivity contribution in [3.63, 3.8) is 0 Å². The van der Waals surface area contributed by atoms with Gasteiger partial charge in [-0.25, -0.2) is 4.39 Å². The van der Waals surface area contributed by atoms with Gasteiger partial charge in [0.1, 0.15) is 5.82 Å². The molecule has 0 bridgehead atoms. The molecule has 0 radical (unpaired) electrons. The van der Waals surface area contributed by atoms with Gasteiger partial charge in [0.05, 0.1) is 11.5 Å². The number of piperidine rings is 1. The number of rotatable bonds is 7. The van der Waals surface area contributed by atoms with Crippen LogP contribution < -0.4 is 10.6 Å². The van der Waals surface area contributed by atoms with Crippen molar-refractivity contribution in [2.24, 2.45) is 5.92 Å². The van der Waals surface area contributed by atoms with Gasteiger partial charge < -0.3 is 15.5 Å². The Kier molecular flexibility index (Phi) is 7.88. The highest BCUT2D eigenvalue weighted by molar-refractivity contribution is 6.05. The summed E-state index contributed by atoms with van der Waals surface area (Å²) in [6.07, 6.45) is 2.24. The molecule has 35 heavy (non-hydrogen) atoms. The first kappa shape index (κ1) is 24.1. The number of carbonyl (C=O) groups excluding carboxylic acids is 3. The van der Waals surface area contributed by atoms with Crippen LogP contribution in [0.5, 0.6) is 0 Å². The van der Waals surface area contributed by atoms with Crippen molar-refractivity contribution in [1.82, 2.24) is 10.2 Å². The van der Waals surface area contributed by atoms with Crippen LogP contribution in [0.15, 0.2) is 78.9 Å². The van der Waals surface area contributed by atoms with E-state index in [9.17, 15) is 18.8 Å². The second kappa shape index (κ2) is 11.4. The van der Waals surface area contributed by atoms with E-state index < -0.39 is 11.7 Å². The molecule has 180 valence electrons. The molecule has 1 aliphatic rings. The van der Waals surface area contributed by atoms with E-state index in [4.69, 9.17) is 0 Å². The number of nitrogens with zero attached hydrogens (tertiary/aromatic N) is 1. The standard InChI is InChI=1S/C28H28FN3O3/c29-25-14-5-4-13-24(25)27(34)31-23-12-6-10-21(18-23)28(35)32-17-7-11-22(19-32)26(33)30-16-15-20-8-2-1-3-9-20/h1-6,8-10,12-14,18,22H,7,11,15-17,19H2,(H,30,33)(H,31,34). The third-order valence-corrected chi connectivity index (χ3v) is 6.12. The van der Waals surface area contributed by atoms with Crippen LogP contribution in [0.1, 0.15) is 39.1 Å². The van der Waals surface area contributed by atoms with Gasteiger partial charge in [-0.15, -0.1) is 0 Å². The number of carbonyl (C=O) groups is 3. The van der Waals surface area contributed by atoms with Crippen molar-refractivity contribution >= 4 is 23.4 Å². The number of nitrogens with one attached hydrogen (secondary N) is 2. The molecule has 3 aromatic carbocycles. The summed E-state index contributed by atoms with van der Waals surface area (Å²) in [6, 6.07) is 22.3. The van der Waals surface area contributed by atoms with E-state index in [0.717, 1.165) is 24.8 Å². The van der Waals surface area contributed by atoms with Crippen LogP contribution in [0.3, 0.4) is 0 Å². The van der Waals surface area contributed by atoms with E-state index in [1.807, 2.05) is 30.3 Å². The molecular weight excluding hydrogens is 445 g/mol. The molecule has 1 aliphatic heterocycles. The van der Waals surface area contributed by atoms with Crippen LogP contribution in [0, 0.1) is 11.7 Å². The fourth-order valence-electron chi connectivity index (χ4n) is 4.25. The molecule has 0 aliphatic carbocycles. The number of hydrogen-bond acceptors (Lipinski definition) is 3. The van der Waals surface area contributed by atoms with Gasteiger partial charge in [-0.3, -0.25) is 14.4 Å². The summed E-state index contributed by atoms with van der Waals surface area (Å²) in [5.41, 5.74) is 1.90. The molecule has 1 fully saturated rings. The Balaban J connectivity index is 1.34. The lowest BCUT2D eigenvalue weighted by Gasteiger charge is -2.32. The van der Waals surface area contributed by atoms with Crippen LogP contribution in [-0.2, 0) is 11.2 Å². The molecule has 3 amide bonds. The summed E-state index contributed by atoms with van der Waals surface area (Å²) in [5.74, 6) is -1.69. The molecule has 2 N–H and O–H groups in total. The number of hydrogen-bond donors (Lipinski definition) is 2. The molecule has 1 heterocycles. The van der Waals surface area contributed by atoms with Gasteiger partial charge in [-0.05, 0) is 55.2 Å². The lowest BCUT2D eigenvalue weighted by atomic mass is 9.96. The molecule has 4 rings (SSSR count). The van der Waals surface area contributed by atoms with Crippen LogP contribution in [-0.4, -0.2) is 42.3 Å². The smallest absolute Gasteiger partial charge is 0.258 e. The zero-order valence-corrected chi connectivity index (χ0v) is 19.4. The molecule has 7 heteroatoms. The maximum atomic E-state index is 13.9. The summed E-state index contributed by atoms with van der Waals surface area (Å²) in [6.45, 7) is 1.47. The molecule has 1 saturated heterocycles. The number of amides is 3. The molecule has 1 unspecified atom stereocenters. The minimum atomic E-state index is -0.612. The van der Waals surface area contributed by atoms with Gasteiger partial charge in [-0.2, -0.15) is 0 Å². The SMILES string of the molecule is O=C(Nc1cccc(C(=O)N2CCCC(C(=O)NCCc3ccccc3)C2)c1)c1ccccc1F. The van der Waals surface area contributed by atoms with Crippen LogP contribution in [0.25, 0.3) is 0 Å². The van der Waals surface area contributed by atoms with Crippen molar-refractivity contribution in [2.75, 3.05) is 25.0 Å². The minimum absolute atomic E-state index is 0.0377. The summed E-state index contributed by atoms with van der Waals surface area (Å²) in [4.78, 5) is 40.0. The van der Waals surface area contributed by atoms with Crippen molar-refractivity contribution in [1.29, 1.82) is 0 Å². The Morgan fingerprint density at radius 2 is 1.71 bits per heavy atom. The predicted octanol–water partition coefficient (Wildman–Crippen LogP) is 4.29. The van der Waals surface area contributed by atoms with E-state index in [-0.39, 0.29) is 23.3 Å². The molecule has 0 aromatic heterocycles. The van der Waals surface area contributed by atoms with Crippen molar-refractivity contribution in [3.8, 4) is 0 Å². The molecule has 6 nitrogen and oxygen atoms in total. The highest BCUT2D eigenvalue weighted by Crippen LogP contribution is 2.21. The van der Waals surface area contributed by atoms with E-state index in [1.54, 1.807) is 35.2 Å². The molecule has 3 aromatic rings. The van der Waals surface area contributed by atoms with Crippen LogP contribution >= 0.6 is 0 Å². The van der Waals surface area contributed by atoms with E-state index in [1.165, 1.54) is 18.2 Å². The van der Waals surface area contributed by atoms with E-state index in [0.29, 0.717) is 30.9 Å². The Morgan fingerprint density at radius 1 is 0.943 bits per heavy atom. The lowest BCUT2D eigenvalue weighted by molar-refractivity contribution is -0.126. The summed E-state index contributed by atoms with van der Waals surface area (Å²) in [5, 5.41) is 5.64. The zero-order valence-electron chi connectivity index (χ0n) is 19.4. The van der Waals surface area contributed by atoms with Crippen molar-refractivity contribution < 1.29 is 18.8 Å². The fourth-order valence-corrected chi connectivity index (χ4v) is 4.25. The molecule has 1 atom stereocenters. The first-order valence-electron chi connectivity index (χ1n) is 11.8. The Labute approximate surface area is 204 Å². The molecule has 0 saturated carbocycles. The van der Waals surface area contributed by atoms with E-state index in [2.05, 4.69) is 10.6 Å². The second-order valence-corrected chi connectivity index (χ2v) is 8.63. The first-order valence-corrected chi connectivity index (χ1v) is 11.8. The van der Waals surface area contributed by atoms with Gasteiger partial charge in [0, 0.05) is 30.9 Å². The predicted molar refractivity (Wildman–Crippen MR) is 133 cm³/mol. The lowest BCUT2D eigenvalue weighted by Crippen LogP contribution is -2.45. The van der Waals surface area contributed by atoms with Gasteiger partial charge in [0.25, 0.3) is 11.8 Å². The average Bonchev–Trinajstić information content (AvgIpc) is 2.89. The van der Waals surface area contributed by atoms with Gasteiger partial charge in [-0.1, -0.05) is 48.5 Å². The summed E-state index contributed by atoms with van der Waals surface area (Å²) < 4.78 is 13.9. The highest BCUT2D eigenvalue weighted by atomic mass is 19.1. The summed E-state index contributed by atoms with van der Waals surface area (Å²) >= 11 is 0. The van der Waals surface area contributed by atoms with Gasteiger partial charge in [0.2, 0.25) is 5.91 Å². The Bertz CT molecular complexity index is 1200. The van der Waals surface area contributed by atoms with Gasteiger partial charge in [0.15, 0.2) is 0 Å². The molecule has 0 spiro atoms. The third-order valence-electron chi connectivity index (χ3n) is 6.12. The zero-order chi connectivity index (χ0) is 24.6. The molecular formula is C28H28FN3O3. The fraction of sp³-hybridized carbons (Fsp3) is 0.250. The van der Waals surface area contributed by atoms with Crippen LogP contribution in [0.4, 0.5) is 10.1 Å². The Hall–Kier alpha value is -4.00. The first-order chi connectivity index (χ1) is 17.0. The highest BCUT2D eigenvalue weighted by Gasteiger charge is 2.29. The average molecular weight is 474 g/mol. The quantitative estimate of drug-likeness (QED) is 0.537. The van der Waals surface area contributed by atoms with Crippen molar-refractivity contribution in [2.45, 2.75) is 19.3 Å². The van der Waals surface area contributed by atoms with Crippen LogP contribution in [0.2, 0.25) is 0 Å². The number of anilines is 1. The van der Waals surface area contributed by atoms with Gasteiger partial charge >= 0.3 is 0 Å². The minimum Gasteiger partial charge on any atom is -0.355 e. The topological polar surface area (TPSA) is 78.5 Å². The normalized spacial score (nSPS) is 15.3. The van der Waals surface area contributed by atoms with E-state index >= 15 is 0 Å². The Morgan fingerprint density at radius 3 is 2.51 bits per heavy atom. The number of likely N-dealkylation sites (tertiary alicyclic amines) is 1. The maximum Gasteiger partial charge on any atom is 0.258 e. The third kappa shape index (κ3) is 6.32. The largest absolute Gasteiger partial charge is 0.355 e. The maximum absolute atomic E-state index is 13.9. The monoisotopic (exact) mass is 473 g/mol. The number of benzene rings is 3.